The molecule has 1 nitrogen and oxygen atoms in total. The minimum atomic E-state index is 0.533. The minimum absolute atomic E-state index is 0.533. The first-order chi connectivity index (χ1) is 8.50. The van der Waals surface area contributed by atoms with Gasteiger partial charge in [-0.15, -0.1) is 0 Å². The molecule has 0 unspecified atom stereocenters. The van der Waals surface area contributed by atoms with Crippen LogP contribution in [0.3, 0.4) is 0 Å². The topological polar surface area (TPSA) is 20.2 Å². The van der Waals surface area contributed by atoms with Crippen LogP contribution in [-0.4, -0.2) is 5.11 Å². The molecule has 0 saturated heterocycles. The SMILES string of the molecule is CCCCCCCc1c(C)c(C)c(C)c(C)c1O. The number of hydrogen-bond acceptors (Lipinski definition) is 1. The molecule has 0 aliphatic rings. The molecule has 0 bridgehead atoms. The molecule has 1 N–H and O–H groups in total. The van der Waals surface area contributed by atoms with Crippen molar-refractivity contribution in [1.82, 2.24) is 0 Å². The van der Waals surface area contributed by atoms with E-state index in [1.807, 2.05) is 6.92 Å². The molecule has 1 rings (SSSR count). The van der Waals surface area contributed by atoms with Gasteiger partial charge in [0.1, 0.15) is 5.75 Å². The number of unbranched alkanes of at least 4 members (excludes halogenated alkanes) is 4. The Morgan fingerprint density at radius 2 is 1.28 bits per heavy atom. The maximum Gasteiger partial charge on any atom is 0.122 e. The van der Waals surface area contributed by atoms with Crippen molar-refractivity contribution in [2.45, 2.75) is 73.1 Å². The van der Waals surface area contributed by atoms with Gasteiger partial charge in [0.05, 0.1) is 0 Å². The van der Waals surface area contributed by atoms with Crippen LogP contribution in [0, 0.1) is 27.7 Å². The van der Waals surface area contributed by atoms with Gasteiger partial charge in [0.25, 0.3) is 0 Å². The summed E-state index contributed by atoms with van der Waals surface area (Å²) < 4.78 is 0. The molecule has 0 radical (unpaired) electrons. The van der Waals surface area contributed by atoms with Gasteiger partial charge in [-0.05, 0) is 68.4 Å². The van der Waals surface area contributed by atoms with Crippen LogP contribution >= 0.6 is 0 Å². The van der Waals surface area contributed by atoms with E-state index < -0.39 is 0 Å². The average Bonchev–Trinajstić information content (AvgIpc) is 2.37. The summed E-state index contributed by atoms with van der Waals surface area (Å²) in [5.74, 6) is 0.533. The van der Waals surface area contributed by atoms with Gasteiger partial charge >= 0.3 is 0 Å². The van der Waals surface area contributed by atoms with E-state index in [0.29, 0.717) is 5.75 Å². The monoisotopic (exact) mass is 248 g/mol. The lowest BCUT2D eigenvalue weighted by atomic mass is 9.90. The van der Waals surface area contributed by atoms with E-state index in [0.717, 1.165) is 12.0 Å². The molecular formula is C17H28O. The third kappa shape index (κ3) is 3.28. The fourth-order valence-corrected chi connectivity index (χ4v) is 2.58. The largest absolute Gasteiger partial charge is 0.507 e. The third-order valence-electron chi connectivity index (χ3n) is 4.31. The Labute approximate surface area is 112 Å². The second kappa shape index (κ2) is 6.82. The van der Waals surface area contributed by atoms with Crippen molar-refractivity contribution in [1.29, 1.82) is 0 Å². The standard InChI is InChI=1S/C17H28O/c1-6-7-8-9-10-11-16-14(4)12(2)13(3)15(5)17(16)18/h18H,6-11H2,1-5H3. The number of aromatic hydroxyl groups is 1. The molecule has 0 aliphatic heterocycles. The zero-order valence-electron chi connectivity index (χ0n) is 12.7. The Morgan fingerprint density at radius 3 is 1.89 bits per heavy atom. The van der Waals surface area contributed by atoms with E-state index in [-0.39, 0.29) is 0 Å². The molecule has 102 valence electrons. The molecular weight excluding hydrogens is 220 g/mol. The Bertz CT molecular complexity index is 376. The maximum absolute atomic E-state index is 10.3. The Balaban J connectivity index is 2.77. The van der Waals surface area contributed by atoms with Crippen LogP contribution in [0.4, 0.5) is 0 Å². The van der Waals surface area contributed by atoms with E-state index in [1.54, 1.807) is 0 Å². The van der Waals surface area contributed by atoms with Crippen LogP contribution in [0.2, 0.25) is 0 Å². The Kier molecular flexibility index (Phi) is 5.71. The molecule has 0 saturated carbocycles. The van der Waals surface area contributed by atoms with Gasteiger partial charge in [0.15, 0.2) is 0 Å². The zero-order chi connectivity index (χ0) is 13.7. The molecule has 1 aromatic carbocycles. The van der Waals surface area contributed by atoms with Crippen molar-refractivity contribution < 1.29 is 5.11 Å². The smallest absolute Gasteiger partial charge is 0.122 e. The highest BCUT2D eigenvalue weighted by Crippen LogP contribution is 2.32. The predicted octanol–water partition coefficient (Wildman–Crippen LogP) is 5.14. The third-order valence-corrected chi connectivity index (χ3v) is 4.31. The molecule has 0 fully saturated rings. The van der Waals surface area contributed by atoms with Crippen LogP contribution in [-0.2, 0) is 6.42 Å². The van der Waals surface area contributed by atoms with Gasteiger partial charge < -0.3 is 5.11 Å². The van der Waals surface area contributed by atoms with E-state index in [2.05, 4.69) is 27.7 Å². The zero-order valence-corrected chi connectivity index (χ0v) is 12.7. The number of hydrogen-bond donors (Lipinski definition) is 1. The van der Waals surface area contributed by atoms with Crippen molar-refractivity contribution >= 4 is 0 Å². The quantitative estimate of drug-likeness (QED) is 0.691. The first-order valence-electron chi connectivity index (χ1n) is 7.28. The van der Waals surface area contributed by atoms with Crippen LogP contribution in [0.15, 0.2) is 0 Å². The lowest BCUT2D eigenvalue weighted by molar-refractivity contribution is 0.460. The summed E-state index contributed by atoms with van der Waals surface area (Å²) in [5.41, 5.74) is 6.09. The predicted molar refractivity (Wildman–Crippen MR) is 79.5 cm³/mol. The number of phenolic OH excluding ortho intramolecular Hbond substituents is 1. The summed E-state index contributed by atoms with van der Waals surface area (Å²) in [6, 6.07) is 0. The molecule has 0 heterocycles. The van der Waals surface area contributed by atoms with E-state index in [9.17, 15) is 5.11 Å². The summed E-state index contributed by atoms with van der Waals surface area (Å²) in [5, 5.41) is 10.3. The molecule has 18 heavy (non-hydrogen) atoms. The lowest BCUT2D eigenvalue weighted by Crippen LogP contribution is -1.99. The maximum atomic E-state index is 10.3. The molecule has 0 aromatic heterocycles. The second-order valence-corrected chi connectivity index (χ2v) is 5.49. The molecule has 0 aliphatic carbocycles. The molecule has 1 aromatic rings. The first kappa shape index (κ1) is 15.1. The average molecular weight is 248 g/mol. The first-order valence-corrected chi connectivity index (χ1v) is 7.28. The Morgan fingerprint density at radius 1 is 0.722 bits per heavy atom. The lowest BCUT2D eigenvalue weighted by Gasteiger charge is -2.17. The summed E-state index contributed by atoms with van der Waals surface area (Å²) in [6.45, 7) is 10.7. The van der Waals surface area contributed by atoms with Crippen molar-refractivity contribution in [2.24, 2.45) is 0 Å². The summed E-state index contributed by atoms with van der Waals surface area (Å²) in [6.07, 6.45) is 7.42. The minimum Gasteiger partial charge on any atom is -0.507 e. The van der Waals surface area contributed by atoms with Crippen molar-refractivity contribution in [3.8, 4) is 5.75 Å². The van der Waals surface area contributed by atoms with Gasteiger partial charge in [-0.2, -0.15) is 0 Å². The second-order valence-electron chi connectivity index (χ2n) is 5.49. The fraction of sp³-hybridized carbons (Fsp3) is 0.647. The highest BCUT2D eigenvalue weighted by molar-refractivity contribution is 5.53. The van der Waals surface area contributed by atoms with Crippen LogP contribution in [0.25, 0.3) is 0 Å². The van der Waals surface area contributed by atoms with Crippen molar-refractivity contribution in [2.75, 3.05) is 0 Å². The normalized spacial score (nSPS) is 10.9. The molecule has 0 amide bonds. The van der Waals surface area contributed by atoms with Crippen LogP contribution in [0.1, 0.15) is 66.8 Å². The summed E-state index contributed by atoms with van der Waals surface area (Å²) in [7, 11) is 0. The highest BCUT2D eigenvalue weighted by Gasteiger charge is 2.13. The number of benzene rings is 1. The Hall–Kier alpha value is -0.980. The van der Waals surface area contributed by atoms with Gasteiger partial charge in [0.2, 0.25) is 0 Å². The van der Waals surface area contributed by atoms with E-state index in [4.69, 9.17) is 0 Å². The fourth-order valence-electron chi connectivity index (χ4n) is 2.58. The van der Waals surface area contributed by atoms with E-state index >= 15 is 0 Å². The van der Waals surface area contributed by atoms with Gasteiger partial charge in [-0.25, -0.2) is 0 Å². The molecule has 1 heteroatoms. The van der Waals surface area contributed by atoms with Gasteiger partial charge in [-0.3, -0.25) is 0 Å². The van der Waals surface area contributed by atoms with Crippen LogP contribution < -0.4 is 0 Å². The molecule has 0 spiro atoms. The number of phenols is 1. The summed E-state index contributed by atoms with van der Waals surface area (Å²) >= 11 is 0. The van der Waals surface area contributed by atoms with Crippen LogP contribution in [0.5, 0.6) is 5.75 Å². The van der Waals surface area contributed by atoms with Gasteiger partial charge in [-0.1, -0.05) is 32.6 Å². The van der Waals surface area contributed by atoms with E-state index in [1.165, 1.54) is 54.4 Å². The van der Waals surface area contributed by atoms with Crippen molar-refractivity contribution in [3.63, 3.8) is 0 Å². The molecule has 0 atom stereocenters. The van der Waals surface area contributed by atoms with Crippen molar-refractivity contribution in [3.05, 3.63) is 27.8 Å². The van der Waals surface area contributed by atoms with Gasteiger partial charge in [0, 0.05) is 0 Å². The highest BCUT2D eigenvalue weighted by atomic mass is 16.3. The summed E-state index contributed by atoms with van der Waals surface area (Å²) in [4.78, 5) is 0. The number of rotatable bonds is 6.